The number of ether oxygens (including phenoxy) is 1. The van der Waals surface area contributed by atoms with Crippen LogP contribution in [-0.4, -0.2) is 16.0 Å². The summed E-state index contributed by atoms with van der Waals surface area (Å²) in [6, 6.07) is 8.59. The topological polar surface area (TPSA) is 47.0 Å². The Morgan fingerprint density at radius 2 is 2.16 bits per heavy atom. The van der Waals surface area contributed by atoms with Crippen LogP contribution in [0, 0.1) is 0 Å². The van der Waals surface area contributed by atoms with E-state index in [9.17, 15) is 0 Å². The fourth-order valence-corrected chi connectivity index (χ4v) is 1.78. The lowest BCUT2D eigenvalue weighted by atomic mass is 10.2. The second-order valence-corrected chi connectivity index (χ2v) is 4.79. The number of aromatic nitrogens is 2. The molecular formula is C15H17N3O. The van der Waals surface area contributed by atoms with E-state index < -0.39 is 0 Å². The van der Waals surface area contributed by atoms with E-state index in [1.165, 1.54) is 18.4 Å². The maximum absolute atomic E-state index is 5.60. The summed E-state index contributed by atoms with van der Waals surface area (Å²) in [5.41, 5.74) is 2.15. The molecule has 2 aromatic rings. The molecule has 0 bridgehead atoms. The quantitative estimate of drug-likeness (QED) is 0.860. The second kappa shape index (κ2) is 5.80. The van der Waals surface area contributed by atoms with Crippen LogP contribution in [0.5, 0.6) is 5.75 Å². The zero-order valence-electron chi connectivity index (χ0n) is 10.7. The third-order valence-electron chi connectivity index (χ3n) is 3.08. The van der Waals surface area contributed by atoms with Crippen LogP contribution in [0.1, 0.15) is 24.1 Å². The fraction of sp³-hybridized carbons (Fsp3) is 0.333. The van der Waals surface area contributed by atoms with Crippen LogP contribution in [0.25, 0.3) is 0 Å². The molecule has 1 N–H and O–H groups in total. The molecule has 0 radical (unpaired) electrons. The van der Waals surface area contributed by atoms with E-state index in [0.717, 1.165) is 24.0 Å². The Balaban J connectivity index is 1.50. The summed E-state index contributed by atoms with van der Waals surface area (Å²) in [6.45, 7) is 1.38. The summed E-state index contributed by atoms with van der Waals surface area (Å²) in [5.74, 6) is 0.767. The predicted octanol–water partition coefficient (Wildman–Crippen LogP) is 2.31. The van der Waals surface area contributed by atoms with E-state index in [0.29, 0.717) is 6.61 Å². The molecule has 4 heteroatoms. The Hall–Kier alpha value is -1.94. The first kappa shape index (κ1) is 12.1. The summed E-state index contributed by atoms with van der Waals surface area (Å²) >= 11 is 0. The van der Waals surface area contributed by atoms with Crippen molar-refractivity contribution in [2.75, 3.05) is 0 Å². The SMILES string of the molecule is c1cncc(OCc2ccc(CNC3CC3)cn2)c1. The maximum Gasteiger partial charge on any atom is 0.138 e. The number of nitrogens with one attached hydrogen (secondary N) is 1. The van der Waals surface area contributed by atoms with Crippen molar-refractivity contribution in [1.82, 2.24) is 15.3 Å². The van der Waals surface area contributed by atoms with E-state index >= 15 is 0 Å². The van der Waals surface area contributed by atoms with E-state index in [4.69, 9.17) is 4.74 Å². The molecule has 0 aliphatic heterocycles. The van der Waals surface area contributed by atoms with Gasteiger partial charge in [-0.15, -0.1) is 0 Å². The molecule has 0 amide bonds. The minimum Gasteiger partial charge on any atom is -0.486 e. The van der Waals surface area contributed by atoms with Crippen LogP contribution in [0.2, 0.25) is 0 Å². The highest BCUT2D eigenvalue weighted by molar-refractivity contribution is 5.17. The zero-order chi connectivity index (χ0) is 12.9. The van der Waals surface area contributed by atoms with Crippen molar-refractivity contribution in [3.63, 3.8) is 0 Å². The number of pyridine rings is 2. The number of rotatable bonds is 6. The molecule has 3 rings (SSSR count). The average Bonchev–Trinajstić information content (AvgIpc) is 3.29. The van der Waals surface area contributed by atoms with Gasteiger partial charge in [-0.3, -0.25) is 9.97 Å². The van der Waals surface area contributed by atoms with E-state index in [2.05, 4.69) is 21.4 Å². The van der Waals surface area contributed by atoms with Crippen LogP contribution in [-0.2, 0) is 13.2 Å². The van der Waals surface area contributed by atoms with Crippen LogP contribution < -0.4 is 10.1 Å². The van der Waals surface area contributed by atoms with Gasteiger partial charge in [0, 0.05) is 25.0 Å². The molecular weight excluding hydrogens is 238 g/mol. The predicted molar refractivity (Wildman–Crippen MR) is 72.7 cm³/mol. The Kier molecular flexibility index (Phi) is 3.70. The summed E-state index contributed by atoms with van der Waals surface area (Å²) in [5, 5.41) is 3.47. The van der Waals surface area contributed by atoms with Crippen molar-refractivity contribution in [1.29, 1.82) is 0 Å². The zero-order valence-corrected chi connectivity index (χ0v) is 10.7. The minimum atomic E-state index is 0.474. The first-order valence-corrected chi connectivity index (χ1v) is 6.60. The third-order valence-corrected chi connectivity index (χ3v) is 3.08. The standard InChI is InChI=1S/C15H17N3O/c1-2-15(10-16-7-1)19-11-14-4-3-12(9-18-14)8-17-13-5-6-13/h1-4,7,9-10,13,17H,5-6,8,11H2. The van der Waals surface area contributed by atoms with Gasteiger partial charge in [0.1, 0.15) is 12.4 Å². The summed E-state index contributed by atoms with van der Waals surface area (Å²) in [6.07, 6.45) is 7.97. The molecule has 2 aromatic heterocycles. The van der Waals surface area contributed by atoms with Crippen molar-refractivity contribution in [2.45, 2.75) is 32.0 Å². The molecule has 1 aliphatic rings. The molecule has 1 saturated carbocycles. The van der Waals surface area contributed by atoms with Crippen molar-refractivity contribution in [3.05, 3.63) is 54.1 Å². The van der Waals surface area contributed by atoms with E-state index in [1.807, 2.05) is 24.4 Å². The normalized spacial score (nSPS) is 14.3. The molecule has 0 saturated heterocycles. The summed E-state index contributed by atoms with van der Waals surface area (Å²) in [7, 11) is 0. The monoisotopic (exact) mass is 255 g/mol. The Labute approximate surface area is 112 Å². The summed E-state index contributed by atoms with van der Waals surface area (Å²) in [4.78, 5) is 8.41. The van der Waals surface area contributed by atoms with Gasteiger partial charge in [0.2, 0.25) is 0 Å². The van der Waals surface area contributed by atoms with Crippen molar-refractivity contribution < 1.29 is 4.74 Å². The van der Waals surface area contributed by atoms with Crippen molar-refractivity contribution in [2.24, 2.45) is 0 Å². The molecule has 1 aliphatic carbocycles. The van der Waals surface area contributed by atoms with Crippen molar-refractivity contribution in [3.8, 4) is 5.75 Å². The third kappa shape index (κ3) is 3.76. The average molecular weight is 255 g/mol. The van der Waals surface area contributed by atoms with Gasteiger partial charge < -0.3 is 10.1 Å². The van der Waals surface area contributed by atoms with Crippen LogP contribution in [0.4, 0.5) is 0 Å². The number of nitrogens with zero attached hydrogens (tertiary/aromatic N) is 2. The van der Waals surface area contributed by atoms with Gasteiger partial charge in [-0.05, 0) is 36.6 Å². The highest BCUT2D eigenvalue weighted by Gasteiger charge is 2.19. The van der Waals surface area contributed by atoms with E-state index in [1.54, 1.807) is 12.4 Å². The lowest BCUT2D eigenvalue weighted by Gasteiger charge is -2.06. The van der Waals surface area contributed by atoms with Crippen LogP contribution in [0.3, 0.4) is 0 Å². The second-order valence-electron chi connectivity index (χ2n) is 4.79. The first-order valence-electron chi connectivity index (χ1n) is 6.60. The van der Waals surface area contributed by atoms with Crippen LogP contribution >= 0.6 is 0 Å². The fourth-order valence-electron chi connectivity index (χ4n) is 1.78. The van der Waals surface area contributed by atoms with E-state index in [-0.39, 0.29) is 0 Å². The number of hydrogen-bond donors (Lipinski definition) is 1. The van der Waals surface area contributed by atoms with Gasteiger partial charge in [-0.1, -0.05) is 6.07 Å². The maximum atomic E-state index is 5.60. The Morgan fingerprint density at radius 3 is 2.84 bits per heavy atom. The van der Waals surface area contributed by atoms with Crippen LogP contribution in [0.15, 0.2) is 42.9 Å². The molecule has 4 nitrogen and oxygen atoms in total. The molecule has 1 fully saturated rings. The van der Waals surface area contributed by atoms with Gasteiger partial charge in [-0.25, -0.2) is 0 Å². The first-order chi connectivity index (χ1) is 9.40. The highest BCUT2D eigenvalue weighted by Crippen LogP contribution is 2.19. The van der Waals surface area contributed by atoms with Gasteiger partial charge in [-0.2, -0.15) is 0 Å². The summed E-state index contributed by atoms with van der Waals surface area (Å²) < 4.78 is 5.60. The van der Waals surface area contributed by atoms with Gasteiger partial charge in [0.15, 0.2) is 0 Å². The smallest absolute Gasteiger partial charge is 0.138 e. The molecule has 0 spiro atoms. The molecule has 98 valence electrons. The Morgan fingerprint density at radius 1 is 1.21 bits per heavy atom. The van der Waals surface area contributed by atoms with Crippen molar-refractivity contribution >= 4 is 0 Å². The largest absolute Gasteiger partial charge is 0.486 e. The van der Waals surface area contributed by atoms with Gasteiger partial charge in [0.05, 0.1) is 11.9 Å². The molecule has 2 heterocycles. The molecule has 0 unspecified atom stereocenters. The van der Waals surface area contributed by atoms with Gasteiger partial charge >= 0.3 is 0 Å². The lowest BCUT2D eigenvalue weighted by molar-refractivity contribution is 0.300. The Bertz CT molecular complexity index is 509. The molecule has 19 heavy (non-hydrogen) atoms. The minimum absolute atomic E-state index is 0.474. The lowest BCUT2D eigenvalue weighted by Crippen LogP contribution is -2.15. The molecule has 0 aromatic carbocycles. The van der Waals surface area contributed by atoms with Gasteiger partial charge in [0.25, 0.3) is 0 Å². The molecule has 0 atom stereocenters. The highest BCUT2D eigenvalue weighted by atomic mass is 16.5. The number of hydrogen-bond acceptors (Lipinski definition) is 4.